The summed E-state index contributed by atoms with van der Waals surface area (Å²) in [6, 6.07) is 6.01. The zero-order chi connectivity index (χ0) is 19.6. The summed E-state index contributed by atoms with van der Waals surface area (Å²) < 4.78 is 25.3. The van der Waals surface area contributed by atoms with Gasteiger partial charge in [0, 0.05) is 11.2 Å². The molecule has 1 N–H and O–H groups in total. The average Bonchev–Trinajstić information content (AvgIpc) is 2.42. The first-order valence-electron chi connectivity index (χ1n) is 8.65. The fourth-order valence-corrected chi connectivity index (χ4v) is 4.20. The zero-order valence-electron chi connectivity index (χ0n) is 16.7. The van der Waals surface area contributed by atoms with Gasteiger partial charge in [-0.15, -0.1) is 0 Å². The lowest BCUT2D eigenvalue weighted by atomic mass is 9.92. The van der Waals surface area contributed by atoms with E-state index < -0.39 is 15.6 Å². The summed E-state index contributed by atoms with van der Waals surface area (Å²) in [6.07, 6.45) is 1.13. The highest BCUT2D eigenvalue weighted by Crippen LogP contribution is 2.32. The van der Waals surface area contributed by atoms with E-state index in [-0.39, 0.29) is 24.3 Å². The van der Waals surface area contributed by atoms with Crippen molar-refractivity contribution in [1.82, 2.24) is 4.31 Å². The lowest BCUT2D eigenvalue weighted by molar-refractivity contribution is -0.117. The number of nitrogens with zero attached hydrogens (tertiary/aromatic N) is 1. The van der Waals surface area contributed by atoms with Crippen molar-refractivity contribution in [2.45, 2.75) is 65.8 Å². The number of rotatable bonds is 6. The fourth-order valence-electron chi connectivity index (χ4n) is 2.86. The molecule has 0 aliphatic rings. The van der Waals surface area contributed by atoms with Crippen LogP contribution >= 0.6 is 0 Å². The number of hydrogen-bond acceptors (Lipinski definition) is 3. The Labute approximate surface area is 152 Å². The van der Waals surface area contributed by atoms with Gasteiger partial charge in [0.25, 0.3) is 0 Å². The summed E-state index contributed by atoms with van der Waals surface area (Å²) in [5.41, 5.74) is 2.26. The third-order valence-electron chi connectivity index (χ3n) is 4.07. The molecule has 0 fully saturated rings. The molecule has 0 heterocycles. The molecule has 142 valence electrons. The maximum atomic E-state index is 12.6. The third kappa shape index (κ3) is 5.82. The van der Waals surface area contributed by atoms with Crippen LogP contribution in [0.2, 0.25) is 0 Å². The first-order chi connectivity index (χ1) is 11.2. The van der Waals surface area contributed by atoms with E-state index in [4.69, 9.17) is 0 Å². The molecule has 0 aliphatic carbocycles. The summed E-state index contributed by atoms with van der Waals surface area (Å²) in [4.78, 5) is 12.6. The van der Waals surface area contributed by atoms with Gasteiger partial charge in [-0.25, -0.2) is 8.42 Å². The third-order valence-corrected chi connectivity index (χ3v) is 5.55. The minimum Gasteiger partial charge on any atom is -0.324 e. The summed E-state index contributed by atoms with van der Waals surface area (Å²) in [5.74, 6) is 0.181. The van der Waals surface area contributed by atoms with E-state index in [0.717, 1.165) is 23.1 Å². The van der Waals surface area contributed by atoms with Gasteiger partial charge in [0.2, 0.25) is 15.9 Å². The van der Waals surface area contributed by atoms with Crippen LogP contribution in [0.5, 0.6) is 0 Å². The number of carbonyl (C=O) groups excluding carboxylic acids is 1. The standard InChI is InChI=1S/C19H32N2O3S/c1-13(2)15-10-9-11-16(14(3)4)18(15)20-17(22)12-21(19(5,6)7)25(8,23)24/h9-11,13-14H,12H2,1-8H3,(H,20,22). The van der Waals surface area contributed by atoms with E-state index in [1.54, 1.807) is 20.8 Å². The van der Waals surface area contributed by atoms with Crippen molar-refractivity contribution in [1.29, 1.82) is 0 Å². The summed E-state index contributed by atoms with van der Waals surface area (Å²) in [5, 5.41) is 2.97. The number of sulfonamides is 1. The van der Waals surface area contributed by atoms with Gasteiger partial charge in [0.05, 0.1) is 12.8 Å². The second-order valence-corrected chi connectivity index (χ2v) is 10.0. The molecular formula is C19H32N2O3S. The highest BCUT2D eigenvalue weighted by molar-refractivity contribution is 7.88. The van der Waals surface area contributed by atoms with Gasteiger partial charge < -0.3 is 5.32 Å². The van der Waals surface area contributed by atoms with E-state index in [2.05, 4.69) is 33.0 Å². The highest BCUT2D eigenvalue weighted by atomic mass is 32.2. The lowest BCUT2D eigenvalue weighted by Crippen LogP contribution is -2.48. The Morgan fingerprint density at radius 2 is 1.52 bits per heavy atom. The highest BCUT2D eigenvalue weighted by Gasteiger charge is 2.31. The van der Waals surface area contributed by atoms with Crippen molar-refractivity contribution in [2.24, 2.45) is 0 Å². The number of carbonyl (C=O) groups is 1. The molecule has 0 spiro atoms. The number of hydrogen-bond donors (Lipinski definition) is 1. The van der Waals surface area contributed by atoms with E-state index in [9.17, 15) is 13.2 Å². The minimum atomic E-state index is -3.49. The smallest absolute Gasteiger partial charge is 0.239 e. The topological polar surface area (TPSA) is 66.5 Å². The minimum absolute atomic E-state index is 0.202. The molecule has 1 aromatic rings. The molecule has 0 radical (unpaired) electrons. The Morgan fingerprint density at radius 3 is 1.84 bits per heavy atom. The van der Waals surface area contributed by atoms with Crippen molar-refractivity contribution in [3.63, 3.8) is 0 Å². The maximum absolute atomic E-state index is 12.6. The Balaban J connectivity index is 3.19. The summed E-state index contributed by atoms with van der Waals surface area (Å²) in [6.45, 7) is 13.4. The molecule has 1 rings (SSSR count). The van der Waals surface area contributed by atoms with E-state index in [1.807, 2.05) is 18.2 Å². The van der Waals surface area contributed by atoms with Gasteiger partial charge in [-0.2, -0.15) is 4.31 Å². The van der Waals surface area contributed by atoms with E-state index >= 15 is 0 Å². The first-order valence-corrected chi connectivity index (χ1v) is 10.5. The molecule has 0 atom stereocenters. The molecule has 6 heteroatoms. The normalized spacial score (nSPS) is 12.9. The number of amides is 1. The largest absolute Gasteiger partial charge is 0.324 e. The first kappa shape index (κ1) is 21.6. The van der Waals surface area contributed by atoms with Crippen LogP contribution in [0.3, 0.4) is 0 Å². The van der Waals surface area contributed by atoms with Crippen LogP contribution in [0.15, 0.2) is 18.2 Å². The molecule has 5 nitrogen and oxygen atoms in total. The van der Waals surface area contributed by atoms with E-state index in [1.165, 1.54) is 4.31 Å². The Morgan fingerprint density at radius 1 is 1.08 bits per heavy atom. The van der Waals surface area contributed by atoms with Crippen molar-refractivity contribution < 1.29 is 13.2 Å². The quantitative estimate of drug-likeness (QED) is 0.827. The molecule has 0 saturated carbocycles. The molecule has 0 unspecified atom stereocenters. The van der Waals surface area contributed by atoms with Gasteiger partial charge in [-0.3, -0.25) is 4.79 Å². The van der Waals surface area contributed by atoms with Gasteiger partial charge in [-0.05, 0) is 43.7 Å². The second kappa shape index (κ2) is 7.87. The SMILES string of the molecule is CC(C)c1cccc(C(C)C)c1NC(=O)CN(C(C)(C)C)S(C)(=O)=O. The lowest BCUT2D eigenvalue weighted by Gasteiger charge is -2.33. The number of benzene rings is 1. The van der Waals surface area contributed by atoms with Crippen LogP contribution < -0.4 is 5.32 Å². The van der Waals surface area contributed by atoms with Crippen LogP contribution in [-0.4, -0.2) is 37.0 Å². The fraction of sp³-hybridized carbons (Fsp3) is 0.632. The van der Waals surface area contributed by atoms with Gasteiger partial charge in [0.15, 0.2) is 0 Å². The van der Waals surface area contributed by atoms with Crippen molar-refractivity contribution in [3.05, 3.63) is 29.3 Å². The number of anilines is 1. The van der Waals surface area contributed by atoms with Crippen LogP contribution in [0, 0.1) is 0 Å². The molecule has 25 heavy (non-hydrogen) atoms. The molecule has 0 aromatic heterocycles. The van der Waals surface area contributed by atoms with Crippen LogP contribution in [-0.2, 0) is 14.8 Å². The Hall–Kier alpha value is -1.40. The molecule has 0 bridgehead atoms. The monoisotopic (exact) mass is 368 g/mol. The Kier molecular flexibility index (Phi) is 6.81. The van der Waals surface area contributed by atoms with Gasteiger partial charge in [-0.1, -0.05) is 45.9 Å². The molecular weight excluding hydrogens is 336 g/mol. The Bertz CT molecular complexity index is 690. The summed E-state index contributed by atoms with van der Waals surface area (Å²) >= 11 is 0. The van der Waals surface area contributed by atoms with Gasteiger partial charge in [0.1, 0.15) is 0 Å². The average molecular weight is 369 g/mol. The van der Waals surface area contributed by atoms with Crippen molar-refractivity contribution in [3.8, 4) is 0 Å². The molecule has 0 saturated heterocycles. The van der Waals surface area contributed by atoms with Crippen LogP contribution in [0.4, 0.5) is 5.69 Å². The molecule has 0 aliphatic heterocycles. The molecule has 1 aromatic carbocycles. The number of nitrogens with one attached hydrogen (secondary N) is 1. The van der Waals surface area contributed by atoms with E-state index in [0.29, 0.717) is 0 Å². The number of para-hydroxylation sites is 1. The van der Waals surface area contributed by atoms with Crippen molar-refractivity contribution >= 4 is 21.6 Å². The van der Waals surface area contributed by atoms with Crippen molar-refractivity contribution in [2.75, 3.05) is 18.1 Å². The maximum Gasteiger partial charge on any atom is 0.239 e. The van der Waals surface area contributed by atoms with Crippen LogP contribution in [0.1, 0.15) is 71.4 Å². The zero-order valence-corrected chi connectivity index (χ0v) is 17.5. The van der Waals surface area contributed by atoms with Gasteiger partial charge >= 0.3 is 0 Å². The predicted octanol–water partition coefficient (Wildman–Crippen LogP) is 3.93. The molecule has 1 amide bonds. The second-order valence-electron chi connectivity index (χ2n) is 8.11. The summed E-state index contributed by atoms with van der Waals surface area (Å²) in [7, 11) is -3.49. The predicted molar refractivity (Wildman–Crippen MR) is 105 cm³/mol. The van der Waals surface area contributed by atoms with Crippen LogP contribution in [0.25, 0.3) is 0 Å².